The molecule has 0 saturated heterocycles. The fourth-order valence-corrected chi connectivity index (χ4v) is 1.83. The highest BCUT2D eigenvalue weighted by atomic mass is 16.3. The van der Waals surface area contributed by atoms with Crippen LogP contribution in [0.4, 0.5) is 11.4 Å². The monoisotopic (exact) mass is 270 g/mol. The van der Waals surface area contributed by atoms with Gasteiger partial charge in [0.05, 0.1) is 24.6 Å². The van der Waals surface area contributed by atoms with Crippen molar-refractivity contribution >= 4 is 11.4 Å². The summed E-state index contributed by atoms with van der Waals surface area (Å²) in [6, 6.07) is 11.2. The van der Waals surface area contributed by atoms with Gasteiger partial charge in [-0.15, -0.1) is 0 Å². The van der Waals surface area contributed by atoms with Gasteiger partial charge in [0.1, 0.15) is 0 Å². The second kappa shape index (κ2) is 6.41. The number of azo groups is 1. The van der Waals surface area contributed by atoms with Gasteiger partial charge in [-0.2, -0.15) is 10.2 Å². The molecule has 0 unspecified atom stereocenters. The minimum Gasteiger partial charge on any atom is -0.392 e. The van der Waals surface area contributed by atoms with Crippen LogP contribution in [0.15, 0.2) is 46.6 Å². The number of aliphatic hydroxyl groups excluding tert-OH is 2. The quantitative estimate of drug-likeness (QED) is 0.832. The molecule has 0 aliphatic heterocycles. The zero-order valence-corrected chi connectivity index (χ0v) is 11.7. The van der Waals surface area contributed by atoms with Gasteiger partial charge in [0.15, 0.2) is 0 Å². The molecule has 0 bridgehead atoms. The predicted octanol–water partition coefficient (Wildman–Crippen LogP) is 3.70. The van der Waals surface area contributed by atoms with E-state index in [-0.39, 0.29) is 13.2 Å². The Hall–Kier alpha value is -2.04. The Bertz CT molecular complexity index is 581. The van der Waals surface area contributed by atoms with Gasteiger partial charge >= 0.3 is 0 Å². The van der Waals surface area contributed by atoms with Crippen molar-refractivity contribution in [3.8, 4) is 0 Å². The van der Waals surface area contributed by atoms with Crippen LogP contribution >= 0.6 is 0 Å². The minimum atomic E-state index is -0.0121. The first-order valence-corrected chi connectivity index (χ1v) is 6.46. The third-order valence-corrected chi connectivity index (χ3v) is 3.18. The van der Waals surface area contributed by atoms with Gasteiger partial charge in [0, 0.05) is 0 Å². The summed E-state index contributed by atoms with van der Waals surface area (Å²) in [5.74, 6) is 0. The van der Waals surface area contributed by atoms with E-state index in [1.54, 1.807) is 0 Å². The molecule has 0 atom stereocenters. The maximum atomic E-state index is 9.15. The number of benzene rings is 2. The first-order chi connectivity index (χ1) is 9.63. The molecule has 2 N–H and O–H groups in total. The highest BCUT2D eigenvalue weighted by Gasteiger charge is 2.01. The Kier molecular flexibility index (Phi) is 4.61. The molecule has 104 valence electrons. The number of hydrogen-bond donors (Lipinski definition) is 2. The molecule has 2 aromatic rings. The van der Waals surface area contributed by atoms with Crippen LogP contribution in [-0.4, -0.2) is 10.2 Å². The first-order valence-electron chi connectivity index (χ1n) is 6.46. The highest BCUT2D eigenvalue weighted by Crippen LogP contribution is 2.26. The summed E-state index contributed by atoms with van der Waals surface area (Å²) >= 11 is 0. The molecular formula is C16H18N2O2. The summed E-state index contributed by atoms with van der Waals surface area (Å²) in [7, 11) is 0. The molecule has 20 heavy (non-hydrogen) atoms. The van der Waals surface area contributed by atoms with Crippen LogP contribution in [0.5, 0.6) is 0 Å². The zero-order valence-electron chi connectivity index (χ0n) is 11.7. The fraction of sp³-hybridized carbons (Fsp3) is 0.250. The minimum absolute atomic E-state index is 0.0121. The average Bonchev–Trinajstić information content (AvgIpc) is 2.48. The van der Waals surface area contributed by atoms with Gasteiger partial charge in [-0.05, 0) is 48.2 Å². The van der Waals surface area contributed by atoms with E-state index in [1.807, 2.05) is 50.2 Å². The second-order valence-corrected chi connectivity index (χ2v) is 4.76. The molecular weight excluding hydrogens is 252 g/mol. The molecule has 0 heterocycles. The van der Waals surface area contributed by atoms with Crippen molar-refractivity contribution in [3.63, 3.8) is 0 Å². The second-order valence-electron chi connectivity index (χ2n) is 4.76. The maximum Gasteiger partial charge on any atom is 0.0889 e. The standard InChI is InChI=1S/C16H18N2O2/c1-11-3-5-13(9-19)7-15(11)17-18-16-8-14(10-20)6-4-12(16)2/h3-8,19-20H,9-10H2,1-2H3/b18-17-. The van der Waals surface area contributed by atoms with E-state index < -0.39 is 0 Å². The van der Waals surface area contributed by atoms with Crippen LogP contribution in [-0.2, 0) is 13.2 Å². The van der Waals surface area contributed by atoms with Gasteiger partial charge in [0.25, 0.3) is 0 Å². The lowest BCUT2D eigenvalue weighted by Gasteiger charge is -2.04. The Labute approximate surface area is 118 Å². The molecule has 0 fully saturated rings. The van der Waals surface area contributed by atoms with E-state index in [2.05, 4.69) is 10.2 Å². The predicted molar refractivity (Wildman–Crippen MR) is 78.4 cm³/mol. The summed E-state index contributed by atoms with van der Waals surface area (Å²) in [4.78, 5) is 0. The summed E-state index contributed by atoms with van der Waals surface area (Å²) in [5.41, 5.74) is 5.11. The molecule has 2 rings (SSSR count). The summed E-state index contributed by atoms with van der Waals surface area (Å²) in [5, 5.41) is 26.8. The molecule has 0 aliphatic carbocycles. The van der Waals surface area contributed by atoms with Crippen LogP contribution in [0.3, 0.4) is 0 Å². The number of aryl methyl sites for hydroxylation is 2. The summed E-state index contributed by atoms with van der Waals surface area (Å²) in [6.07, 6.45) is 0. The van der Waals surface area contributed by atoms with Crippen molar-refractivity contribution in [1.82, 2.24) is 0 Å². The van der Waals surface area contributed by atoms with E-state index in [1.165, 1.54) is 0 Å². The number of rotatable bonds is 4. The topological polar surface area (TPSA) is 65.2 Å². The summed E-state index contributed by atoms with van der Waals surface area (Å²) < 4.78 is 0. The van der Waals surface area contributed by atoms with E-state index in [4.69, 9.17) is 10.2 Å². The molecule has 0 aliphatic rings. The molecule has 0 aromatic heterocycles. The van der Waals surface area contributed by atoms with E-state index >= 15 is 0 Å². The largest absolute Gasteiger partial charge is 0.392 e. The SMILES string of the molecule is Cc1ccc(CO)cc1/N=N\c1cc(CO)ccc1C. The van der Waals surface area contributed by atoms with Crippen LogP contribution in [0.25, 0.3) is 0 Å². The van der Waals surface area contributed by atoms with Crippen LogP contribution in [0.2, 0.25) is 0 Å². The Morgan fingerprint density at radius 2 is 1.15 bits per heavy atom. The highest BCUT2D eigenvalue weighted by molar-refractivity contribution is 5.50. The molecule has 0 saturated carbocycles. The summed E-state index contributed by atoms with van der Waals surface area (Å²) in [6.45, 7) is 3.88. The van der Waals surface area contributed by atoms with E-state index in [0.717, 1.165) is 33.6 Å². The lowest BCUT2D eigenvalue weighted by Crippen LogP contribution is -1.84. The van der Waals surface area contributed by atoms with Crippen LogP contribution in [0, 0.1) is 13.8 Å². The Balaban J connectivity index is 2.33. The van der Waals surface area contributed by atoms with Crippen molar-refractivity contribution < 1.29 is 10.2 Å². The normalized spacial score (nSPS) is 11.2. The van der Waals surface area contributed by atoms with Crippen LogP contribution in [0.1, 0.15) is 22.3 Å². The van der Waals surface area contributed by atoms with Crippen molar-refractivity contribution in [3.05, 3.63) is 58.7 Å². The number of nitrogens with zero attached hydrogens (tertiary/aromatic N) is 2. The molecule has 0 spiro atoms. The molecule has 2 aromatic carbocycles. The van der Waals surface area contributed by atoms with Crippen molar-refractivity contribution in [2.24, 2.45) is 10.2 Å². The molecule has 0 radical (unpaired) electrons. The third-order valence-electron chi connectivity index (χ3n) is 3.18. The molecule has 4 heteroatoms. The number of aliphatic hydroxyl groups is 2. The zero-order chi connectivity index (χ0) is 14.5. The van der Waals surface area contributed by atoms with Crippen LogP contribution < -0.4 is 0 Å². The van der Waals surface area contributed by atoms with Gasteiger partial charge in [0.2, 0.25) is 0 Å². The van der Waals surface area contributed by atoms with Gasteiger partial charge < -0.3 is 10.2 Å². The lowest BCUT2D eigenvalue weighted by molar-refractivity contribution is 0.281. The van der Waals surface area contributed by atoms with Gasteiger partial charge in [-0.25, -0.2) is 0 Å². The Morgan fingerprint density at radius 3 is 1.50 bits per heavy atom. The van der Waals surface area contributed by atoms with Crippen molar-refractivity contribution in [2.75, 3.05) is 0 Å². The van der Waals surface area contributed by atoms with Crippen molar-refractivity contribution in [2.45, 2.75) is 27.1 Å². The van der Waals surface area contributed by atoms with Crippen molar-refractivity contribution in [1.29, 1.82) is 0 Å². The molecule has 0 amide bonds. The Morgan fingerprint density at radius 1 is 0.750 bits per heavy atom. The van der Waals surface area contributed by atoms with E-state index in [9.17, 15) is 0 Å². The van der Waals surface area contributed by atoms with E-state index in [0.29, 0.717) is 0 Å². The van der Waals surface area contributed by atoms with Gasteiger partial charge in [-0.1, -0.05) is 24.3 Å². The van der Waals surface area contributed by atoms with Gasteiger partial charge in [-0.3, -0.25) is 0 Å². The fourth-order valence-electron chi connectivity index (χ4n) is 1.83. The third kappa shape index (κ3) is 3.29. The maximum absolute atomic E-state index is 9.15. The lowest BCUT2D eigenvalue weighted by atomic mass is 10.1. The number of hydrogen-bond acceptors (Lipinski definition) is 4. The molecule has 4 nitrogen and oxygen atoms in total. The average molecular weight is 270 g/mol. The smallest absolute Gasteiger partial charge is 0.0889 e. The first kappa shape index (κ1) is 14.4.